The minimum absolute atomic E-state index is 0.0224. The van der Waals surface area contributed by atoms with Gasteiger partial charge < -0.3 is 20.1 Å². The van der Waals surface area contributed by atoms with Crippen LogP contribution in [0.15, 0.2) is 18.5 Å². The summed E-state index contributed by atoms with van der Waals surface area (Å²) in [6.45, 7) is 1.21. The molecule has 32 heavy (non-hydrogen) atoms. The van der Waals surface area contributed by atoms with Crippen LogP contribution in [0, 0.1) is 17.7 Å². The van der Waals surface area contributed by atoms with E-state index in [0.29, 0.717) is 43.2 Å². The van der Waals surface area contributed by atoms with Crippen molar-refractivity contribution >= 4 is 16.9 Å². The zero-order chi connectivity index (χ0) is 21.9. The van der Waals surface area contributed by atoms with E-state index in [4.69, 9.17) is 15.5 Å². The maximum Gasteiger partial charge on any atom is 0.220 e. The number of hydrogen-bond donors (Lipinski definition) is 2. The van der Waals surface area contributed by atoms with E-state index in [1.54, 1.807) is 0 Å². The van der Waals surface area contributed by atoms with Crippen molar-refractivity contribution in [1.82, 2.24) is 19.5 Å². The van der Waals surface area contributed by atoms with Crippen molar-refractivity contribution in [2.24, 2.45) is 0 Å². The van der Waals surface area contributed by atoms with E-state index in [1.165, 1.54) is 0 Å². The summed E-state index contributed by atoms with van der Waals surface area (Å²) in [6, 6.07) is 2.05. The lowest BCUT2D eigenvalue weighted by atomic mass is 10.0. The predicted molar refractivity (Wildman–Crippen MR) is 117 cm³/mol. The Kier molecular flexibility index (Phi) is 4.46. The molecule has 4 heterocycles. The Labute approximate surface area is 184 Å². The first-order chi connectivity index (χ1) is 15.5. The Hall–Kier alpha value is -3.02. The Bertz CT molecular complexity index is 1280. The van der Waals surface area contributed by atoms with Gasteiger partial charge in [0.25, 0.3) is 0 Å². The molecule has 0 aromatic carbocycles. The van der Waals surface area contributed by atoms with Crippen molar-refractivity contribution in [2.45, 2.75) is 56.1 Å². The number of nitrogen functional groups attached to an aromatic ring is 1. The second-order valence-corrected chi connectivity index (χ2v) is 9.12. The first-order valence-electron chi connectivity index (χ1n) is 11.2. The molecule has 1 saturated heterocycles. The maximum absolute atomic E-state index is 14.8. The highest BCUT2D eigenvalue weighted by Crippen LogP contribution is 2.45. The number of nitrogens with zero attached hydrogens (tertiary/aromatic N) is 4. The number of rotatable bonds is 3. The zero-order valence-corrected chi connectivity index (χ0v) is 17.6. The molecular formula is C24H24FN5O2. The van der Waals surface area contributed by atoms with E-state index >= 15 is 0 Å². The predicted octanol–water partition coefficient (Wildman–Crippen LogP) is 3.32. The minimum Gasteiger partial charge on any atom is -0.378 e. The molecule has 0 spiro atoms. The summed E-state index contributed by atoms with van der Waals surface area (Å²) in [5.41, 5.74) is 8.21. The number of ether oxygens (including phenoxy) is 1. The monoisotopic (exact) mass is 433 g/mol. The Morgan fingerprint density at radius 2 is 2.00 bits per heavy atom. The molecule has 2 saturated carbocycles. The van der Waals surface area contributed by atoms with Gasteiger partial charge in [0.05, 0.1) is 36.7 Å². The number of nitrogens with two attached hydrogens (primary N) is 1. The fraction of sp³-hybridized carbons (Fsp3) is 0.458. The molecule has 0 unspecified atom stereocenters. The zero-order valence-electron chi connectivity index (χ0n) is 17.6. The summed E-state index contributed by atoms with van der Waals surface area (Å²) in [6.07, 6.45) is 8.51. The Morgan fingerprint density at radius 3 is 2.69 bits per heavy atom. The van der Waals surface area contributed by atoms with Crippen LogP contribution < -0.4 is 5.73 Å². The topological polar surface area (TPSA) is 99.1 Å². The number of pyridine rings is 1. The molecule has 6 rings (SSSR count). The third-order valence-electron chi connectivity index (χ3n) is 6.69. The van der Waals surface area contributed by atoms with Crippen LogP contribution in [0.3, 0.4) is 0 Å². The summed E-state index contributed by atoms with van der Waals surface area (Å²) in [4.78, 5) is 12.9. The average molecular weight is 433 g/mol. The van der Waals surface area contributed by atoms with Crippen molar-refractivity contribution in [3.63, 3.8) is 0 Å². The lowest BCUT2D eigenvalue weighted by molar-refractivity contribution is -0.0214. The third-order valence-corrected chi connectivity index (χ3v) is 6.69. The van der Waals surface area contributed by atoms with Crippen molar-refractivity contribution < 1.29 is 14.2 Å². The fourth-order valence-electron chi connectivity index (χ4n) is 4.71. The highest BCUT2D eigenvalue weighted by molar-refractivity contribution is 5.97. The van der Waals surface area contributed by atoms with Gasteiger partial charge in [-0.1, -0.05) is 5.92 Å². The van der Waals surface area contributed by atoms with E-state index in [-0.39, 0.29) is 17.7 Å². The quantitative estimate of drug-likeness (QED) is 0.615. The third kappa shape index (κ3) is 3.33. The highest BCUT2D eigenvalue weighted by atomic mass is 19.1. The number of halogens is 1. The molecule has 0 bridgehead atoms. The van der Waals surface area contributed by atoms with Gasteiger partial charge in [0, 0.05) is 23.1 Å². The van der Waals surface area contributed by atoms with Crippen LogP contribution in [0.2, 0.25) is 0 Å². The fourth-order valence-corrected chi connectivity index (χ4v) is 4.71. The second kappa shape index (κ2) is 7.26. The van der Waals surface area contributed by atoms with Crippen LogP contribution in [-0.4, -0.2) is 43.4 Å². The van der Waals surface area contributed by atoms with Gasteiger partial charge in [-0.05, 0) is 50.5 Å². The van der Waals surface area contributed by atoms with Crippen LogP contribution >= 0.6 is 0 Å². The molecule has 3 aromatic rings. The Balaban J connectivity index is 1.58. The van der Waals surface area contributed by atoms with Crippen molar-refractivity contribution in [2.75, 3.05) is 18.9 Å². The first kappa shape index (κ1) is 19.6. The van der Waals surface area contributed by atoms with Gasteiger partial charge in [-0.2, -0.15) is 0 Å². The lowest BCUT2D eigenvalue weighted by Crippen LogP contribution is -2.30. The van der Waals surface area contributed by atoms with Crippen LogP contribution in [0.25, 0.3) is 22.2 Å². The lowest BCUT2D eigenvalue weighted by Gasteiger charge is -2.28. The summed E-state index contributed by atoms with van der Waals surface area (Å²) < 4.78 is 22.4. The number of hydrogen-bond acceptors (Lipinski definition) is 6. The summed E-state index contributed by atoms with van der Waals surface area (Å²) >= 11 is 0. The molecule has 3 N–H and O–H groups in total. The van der Waals surface area contributed by atoms with Gasteiger partial charge in [-0.25, -0.2) is 19.3 Å². The van der Waals surface area contributed by atoms with Crippen molar-refractivity contribution in [1.29, 1.82) is 0 Å². The standard InChI is InChI=1S/C24H24FN5O2/c25-19-10-27-23(26)29-21(19)18-11-30(16-12-32-13-16)22-17(18)9-15(28-20(22)14-3-4-14)5-8-24(31)6-1-2-7-24/h9-11,14,16,31H,1-4,6-7,12-13H2,(H2,26,27,29). The summed E-state index contributed by atoms with van der Waals surface area (Å²) in [7, 11) is 0. The molecule has 8 heteroatoms. The van der Waals surface area contributed by atoms with Crippen LogP contribution in [0.5, 0.6) is 0 Å². The molecular weight excluding hydrogens is 409 g/mol. The first-order valence-corrected chi connectivity index (χ1v) is 11.2. The second-order valence-electron chi connectivity index (χ2n) is 9.12. The SMILES string of the molecule is Nc1ncc(F)c(-c2cn(C3COC3)c3c(C4CC4)nc(C#CC4(O)CCCC4)cc23)n1. The Morgan fingerprint density at radius 1 is 1.22 bits per heavy atom. The van der Waals surface area contributed by atoms with Gasteiger partial charge in [0.1, 0.15) is 17.0 Å². The van der Waals surface area contributed by atoms with Crippen molar-refractivity contribution in [3.8, 4) is 23.1 Å². The van der Waals surface area contributed by atoms with Gasteiger partial charge >= 0.3 is 0 Å². The van der Waals surface area contributed by atoms with E-state index in [1.807, 2.05) is 12.3 Å². The molecule has 3 fully saturated rings. The molecule has 3 aliphatic rings. The van der Waals surface area contributed by atoms with Crippen LogP contribution in [-0.2, 0) is 4.74 Å². The summed E-state index contributed by atoms with van der Waals surface area (Å²) in [5.74, 6) is 6.02. The average Bonchev–Trinajstić information content (AvgIpc) is 3.40. The van der Waals surface area contributed by atoms with Crippen molar-refractivity contribution in [3.05, 3.63) is 35.7 Å². The van der Waals surface area contributed by atoms with Gasteiger partial charge in [0.15, 0.2) is 5.82 Å². The summed E-state index contributed by atoms with van der Waals surface area (Å²) in [5, 5.41) is 11.5. The molecule has 0 amide bonds. The van der Waals surface area contributed by atoms with Gasteiger partial charge in [-0.15, -0.1) is 0 Å². The molecule has 2 aliphatic carbocycles. The molecule has 0 atom stereocenters. The van der Waals surface area contributed by atoms with E-state index in [9.17, 15) is 9.50 Å². The number of anilines is 1. The minimum atomic E-state index is -0.943. The highest BCUT2D eigenvalue weighted by Gasteiger charge is 2.33. The maximum atomic E-state index is 14.8. The van der Waals surface area contributed by atoms with Crippen LogP contribution in [0.1, 0.15) is 61.9 Å². The smallest absolute Gasteiger partial charge is 0.220 e. The van der Waals surface area contributed by atoms with E-state index in [2.05, 4.69) is 26.4 Å². The molecule has 3 aromatic heterocycles. The van der Waals surface area contributed by atoms with Gasteiger partial charge in [-0.3, -0.25) is 0 Å². The largest absolute Gasteiger partial charge is 0.378 e. The number of aromatic nitrogens is 4. The number of fused-ring (bicyclic) bond motifs is 1. The normalized spacial score (nSPS) is 20.2. The molecule has 1 aliphatic heterocycles. The van der Waals surface area contributed by atoms with E-state index < -0.39 is 11.4 Å². The molecule has 164 valence electrons. The van der Waals surface area contributed by atoms with Gasteiger partial charge in [0.2, 0.25) is 5.95 Å². The number of aliphatic hydroxyl groups is 1. The van der Waals surface area contributed by atoms with Crippen LogP contribution in [0.4, 0.5) is 10.3 Å². The van der Waals surface area contributed by atoms with E-state index in [0.717, 1.165) is 48.5 Å². The molecule has 7 nitrogen and oxygen atoms in total. The molecule has 0 radical (unpaired) electrons.